The first-order valence-electron chi connectivity index (χ1n) is 8.41. The Hall–Kier alpha value is -2.79. The van der Waals surface area contributed by atoms with Gasteiger partial charge in [-0.15, -0.1) is 0 Å². The molecular formula is C20H20ClN3O2. The molecule has 1 heterocycles. The number of aromatic nitrogens is 1. The number of nitrogens with one attached hydrogen (secondary N) is 3. The molecule has 0 radical (unpaired) electrons. The molecule has 3 N–H and O–H groups in total. The highest BCUT2D eigenvalue weighted by Gasteiger charge is 2.11. The fraction of sp³-hybridized carbons (Fsp3) is 0.200. The van der Waals surface area contributed by atoms with Crippen molar-refractivity contribution < 1.29 is 9.59 Å². The van der Waals surface area contributed by atoms with Gasteiger partial charge in [0.25, 0.3) is 0 Å². The van der Waals surface area contributed by atoms with E-state index in [-0.39, 0.29) is 18.2 Å². The Morgan fingerprint density at radius 3 is 2.73 bits per heavy atom. The third kappa shape index (κ3) is 4.24. The summed E-state index contributed by atoms with van der Waals surface area (Å²) in [6.07, 6.45) is 2.43. The van der Waals surface area contributed by atoms with Crippen molar-refractivity contribution in [2.24, 2.45) is 0 Å². The number of halogens is 1. The molecule has 1 aromatic heterocycles. The number of fused-ring (bicyclic) bond motifs is 1. The predicted octanol–water partition coefficient (Wildman–Crippen LogP) is 3.82. The molecule has 0 aliphatic rings. The number of H-pyrrole nitrogens is 1. The highest BCUT2D eigenvalue weighted by Crippen LogP contribution is 2.23. The monoisotopic (exact) mass is 369 g/mol. The molecule has 26 heavy (non-hydrogen) atoms. The van der Waals surface area contributed by atoms with Crippen molar-refractivity contribution in [1.82, 2.24) is 10.3 Å². The zero-order valence-electron chi connectivity index (χ0n) is 14.4. The lowest BCUT2D eigenvalue weighted by atomic mass is 10.1. The molecule has 0 unspecified atom stereocenters. The van der Waals surface area contributed by atoms with E-state index in [0.717, 1.165) is 22.0 Å². The van der Waals surface area contributed by atoms with Crippen molar-refractivity contribution in [3.05, 3.63) is 64.8 Å². The quantitative estimate of drug-likeness (QED) is 0.578. The van der Waals surface area contributed by atoms with Gasteiger partial charge in [0.2, 0.25) is 11.8 Å². The van der Waals surface area contributed by atoms with Gasteiger partial charge in [0.05, 0.1) is 0 Å². The van der Waals surface area contributed by atoms with Gasteiger partial charge in [-0.2, -0.15) is 0 Å². The summed E-state index contributed by atoms with van der Waals surface area (Å²) < 4.78 is 0. The lowest BCUT2D eigenvalue weighted by Crippen LogP contribution is -2.29. The molecule has 0 bridgehead atoms. The first kappa shape index (κ1) is 18.0. The molecule has 0 fully saturated rings. The summed E-state index contributed by atoms with van der Waals surface area (Å²) in [5, 5.41) is 7.23. The van der Waals surface area contributed by atoms with E-state index in [0.29, 0.717) is 23.7 Å². The lowest BCUT2D eigenvalue weighted by Gasteiger charge is -2.09. The molecule has 134 valence electrons. The molecule has 0 spiro atoms. The minimum Gasteiger partial charge on any atom is -0.361 e. The summed E-state index contributed by atoms with van der Waals surface area (Å²) in [5.74, 6) is -0.665. The van der Waals surface area contributed by atoms with Crippen molar-refractivity contribution in [2.45, 2.75) is 19.8 Å². The Labute approximate surface area is 156 Å². The Morgan fingerprint density at radius 1 is 1.08 bits per heavy atom. The largest absolute Gasteiger partial charge is 0.361 e. The first-order valence-corrected chi connectivity index (χ1v) is 8.79. The summed E-state index contributed by atoms with van der Waals surface area (Å²) >= 11 is 6.03. The number of anilines is 1. The Morgan fingerprint density at radius 2 is 1.88 bits per heavy atom. The van der Waals surface area contributed by atoms with Gasteiger partial charge < -0.3 is 15.6 Å². The van der Waals surface area contributed by atoms with Crippen LogP contribution in [0.2, 0.25) is 5.02 Å². The van der Waals surface area contributed by atoms with Crippen LogP contribution in [-0.2, 0) is 16.0 Å². The van der Waals surface area contributed by atoms with Gasteiger partial charge in [0.15, 0.2) is 0 Å². The van der Waals surface area contributed by atoms with Gasteiger partial charge in [-0.1, -0.05) is 35.9 Å². The van der Waals surface area contributed by atoms with Gasteiger partial charge in [0, 0.05) is 34.4 Å². The second-order valence-corrected chi connectivity index (χ2v) is 6.50. The average molecular weight is 370 g/mol. The van der Waals surface area contributed by atoms with Gasteiger partial charge in [-0.05, 0) is 42.7 Å². The second-order valence-electron chi connectivity index (χ2n) is 6.10. The molecule has 5 nitrogen and oxygen atoms in total. The number of amides is 2. The summed E-state index contributed by atoms with van der Waals surface area (Å²) in [6, 6.07) is 13.3. The Balaban J connectivity index is 1.48. The highest BCUT2D eigenvalue weighted by molar-refractivity contribution is 6.31. The SMILES string of the molecule is Cc1c(Cl)cccc1NC(=O)CC(=O)NCCc1c[nH]c2ccccc12. The number of hydrogen-bond donors (Lipinski definition) is 3. The van der Waals surface area contributed by atoms with E-state index in [1.807, 2.05) is 37.4 Å². The Bertz CT molecular complexity index is 949. The topological polar surface area (TPSA) is 74.0 Å². The van der Waals surface area contributed by atoms with Crippen LogP contribution in [0.15, 0.2) is 48.7 Å². The molecule has 2 aromatic carbocycles. The minimum atomic E-state index is -0.361. The third-order valence-electron chi connectivity index (χ3n) is 4.25. The molecule has 2 amide bonds. The molecule has 3 rings (SSSR count). The van der Waals surface area contributed by atoms with Crippen LogP contribution >= 0.6 is 11.6 Å². The fourth-order valence-corrected chi connectivity index (χ4v) is 3.00. The van der Waals surface area contributed by atoms with Gasteiger partial charge in [-0.25, -0.2) is 0 Å². The van der Waals surface area contributed by atoms with E-state index in [1.54, 1.807) is 18.2 Å². The van der Waals surface area contributed by atoms with Gasteiger partial charge in [-0.3, -0.25) is 9.59 Å². The first-order chi connectivity index (χ1) is 12.5. The van der Waals surface area contributed by atoms with E-state index < -0.39 is 0 Å². The maximum atomic E-state index is 12.0. The zero-order valence-corrected chi connectivity index (χ0v) is 15.2. The van der Waals surface area contributed by atoms with Crippen molar-refractivity contribution >= 4 is 40.0 Å². The molecule has 0 saturated heterocycles. The smallest absolute Gasteiger partial charge is 0.233 e. The normalized spacial score (nSPS) is 10.7. The van der Waals surface area contributed by atoms with Crippen molar-refractivity contribution in [3.8, 4) is 0 Å². The van der Waals surface area contributed by atoms with Crippen molar-refractivity contribution in [2.75, 3.05) is 11.9 Å². The van der Waals surface area contributed by atoms with Crippen LogP contribution in [0, 0.1) is 6.92 Å². The summed E-state index contributed by atoms with van der Waals surface area (Å²) in [4.78, 5) is 27.2. The summed E-state index contributed by atoms with van der Waals surface area (Å²) in [7, 11) is 0. The predicted molar refractivity (Wildman–Crippen MR) is 104 cm³/mol. The summed E-state index contributed by atoms with van der Waals surface area (Å²) in [6.45, 7) is 2.30. The number of carbonyl (C=O) groups is 2. The van der Waals surface area contributed by atoms with E-state index in [2.05, 4.69) is 15.6 Å². The number of aromatic amines is 1. The van der Waals surface area contributed by atoms with Crippen molar-refractivity contribution in [3.63, 3.8) is 0 Å². The number of para-hydroxylation sites is 1. The second kappa shape index (κ2) is 8.06. The van der Waals surface area contributed by atoms with E-state index in [9.17, 15) is 9.59 Å². The number of benzene rings is 2. The zero-order chi connectivity index (χ0) is 18.5. The maximum Gasteiger partial charge on any atom is 0.233 e. The number of hydrogen-bond acceptors (Lipinski definition) is 2. The van der Waals surface area contributed by atoms with Gasteiger partial charge in [0.1, 0.15) is 6.42 Å². The van der Waals surface area contributed by atoms with Crippen LogP contribution in [-0.4, -0.2) is 23.3 Å². The Kier molecular flexibility index (Phi) is 5.58. The number of rotatable bonds is 6. The maximum absolute atomic E-state index is 12.0. The molecule has 6 heteroatoms. The lowest BCUT2D eigenvalue weighted by molar-refractivity contribution is -0.126. The molecule has 0 atom stereocenters. The number of carbonyl (C=O) groups excluding carboxylic acids is 2. The van der Waals surface area contributed by atoms with E-state index >= 15 is 0 Å². The van der Waals surface area contributed by atoms with Crippen LogP contribution in [0.5, 0.6) is 0 Å². The highest BCUT2D eigenvalue weighted by atomic mass is 35.5. The molecular weight excluding hydrogens is 350 g/mol. The van der Waals surface area contributed by atoms with E-state index in [1.165, 1.54) is 0 Å². The van der Waals surface area contributed by atoms with Crippen LogP contribution in [0.3, 0.4) is 0 Å². The van der Waals surface area contributed by atoms with Crippen LogP contribution in [0.25, 0.3) is 10.9 Å². The third-order valence-corrected chi connectivity index (χ3v) is 4.66. The molecule has 0 aliphatic carbocycles. The average Bonchev–Trinajstić information content (AvgIpc) is 3.02. The van der Waals surface area contributed by atoms with Crippen LogP contribution < -0.4 is 10.6 Å². The van der Waals surface area contributed by atoms with Crippen LogP contribution in [0.4, 0.5) is 5.69 Å². The summed E-state index contributed by atoms with van der Waals surface area (Å²) in [5.41, 5.74) is 3.61. The van der Waals surface area contributed by atoms with Gasteiger partial charge >= 0.3 is 0 Å². The standard InChI is InChI=1S/C20H20ClN3O2/c1-13-16(21)6-4-8-17(13)24-20(26)11-19(25)22-10-9-14-12-23-18-7-3-2-5-15(14)18/h2-8,12,23H,9-11H2,1H3,(H,22,25)(H,24,26). The van der Waals surface area contributed by atoms with Crippen LogP contribution in [0.1, 0.15) is 17.5 Å². The minimum absolute atomic E-state index is 0.222. The molecule has 0 saturated carbocycles. The fourth-order valence-electron chi connectivity index (χ4n) is 2.82. The molecule has 0 aliphatic heterocycles. The molecule has 3 aromatic rings. The van der Waals surface area contributed by atoms with E-state index in [4.69, 9.17) is 11.6 Å². The van der Waals surface area contributed by atoms with Crippen molar-refractivity contribution in [1.29, 1.82) is 0 Å².